The number of primary amides is 1. The lowest BCUT2D eigenvalue weighted by Gasteiger charge is -2.36. The lowest BCUT2D eigenvalue weighted by atomic mass is 9.86. The van der Waals surface area contributed by atoms with Gasteiger partial charge in [-0.2, -0.15) is 13.2 Å². The number of carbonyl (C=O) groups is 2. The Hall–Kier alpha value is -3.35. The summed E-state index contributed by atoms with van der Waals surface area (Å²) in [5, 5.41) is 3.14. The van der Waals surface area contributed by atoms with Crippen LogP contribution in [0.2, 0.25) is 0 Å². The molecule has 0 aromatic heterocycles. The summed E-state index contributed by atoms with van der Waals surface area (Å²) in [6.45, 7) is -1.22. The van der Waals surface area contributed by atoms with Crippen molar-refractivity contribution < 1.29 is 31.9 Å². The third kappa shape index (κ3) is 6.16. The van der Waals surface area contributed by atoms with Gasteiger partial charge < -0.3 is 32.2 Å². The van der Waals surface area contributed by atoms with Crippen molar-refractivity contribution in [3.05, 3.63) is 41.9 Å². The summed E-state index contributed by atoms with van der Waals surface area (Å²) in [6, 6.07) is 4.92. The molecule has 186 valence electrons. The van der Waals surface area contributed by atoms with Gasteiger partial charge in [-0.05, 0) is 49.4 Å². The number of carbonyl (C=O) groups excluding carboxylic acids is 2. The molecule has 1 aromatic carbocycles. The van der Waals surface area contributed by atoms with Crippen molar-refractivity contribution in [2.24, 2.45) is 28.1 Å². The van der Waals surface area contributed by atoms with Crippen molar-refractivity contribution in [2.45, 2.75) is 37.0 Å². The number of hydrogen-bond acceptors (Lipinski definition) is 6. The Bertz CT molecular complexity index is 974. The fraction of sp³-hybridized carbons (Fsp3) is 0.476. The molecule has 2 fully saturated rings. The summed E-state index contributed by atoms with van der Waals surface area (Å²) in [5.41, 5.74) is 17.2. The standard InChI is InChI=1S/C21H26F4N6O3/c22-13-1-3-14(4-2-13)30-17(27)15(18(28)32)10-29-20(9-16(20)26)12-5-7-31(8-6-12)19(33)34-11-21(23,24)25/h1-4,10,12,16,29H,5-9,11,26H2,(H2,27,30)(H2,28,32)/b15-10+/t16-,20?/m1/s1. The summed E-state index contributed by atoms with van der Waals surface area (Å²) in [6.07, 6.45) is -2.73. The Balaban J connectivity index is 1.64. The van der Waals surface area contributed by atoms with E-state index < -0.39 is 36.1 Å². The van der Waals surface area contributed by atoms with Gasteiger partial charge in [0, 0.05) is 25.3 Å². The molecule has 1 aliphatic heterocycles. The second-order valence-electron chi connectivity index (χ2n) is 8.32. The van der Waals surface area contributed by atoms with Crippen molar-refractivity contribution in [3.8, 4) is 0 Å². The number of nitrogens with two attached hydrogens (primary N) is 3. The van der Waals surface area contributed by atoms with Crippen LogP contribution in [0.4, 0.5) is 28.0 Å². The summed E-state index contributed by atoms with van der Waals surface area (Å²) >= 11 is 0. The lowest BCUT2D eigenvalue weighted by molar-refractivity contribution is -0.162. The number of amides is 2. The first-order chi connectivity index (χ1) is 15.9. The molecule has 1 saturated carbocycles. The summed E-state index contributed by atoms with van der Waals surface area (Å²) in [4.78, 5) is 29.1. The van der Waals surface area contributed by atoms with E-state index in [0.717, 1.165) is 0 Å². The molecule has 1 unspecified atom stereocenters. The Kier molecular flexibility index (Phi) is 7.34. The molecule has 1 saturated heterocycles. The third-order valence-electron chi connectivity index (χ3n) is 6.00. The summed E-state index contributed by atoms with van der Waals surface area (Å²) in [7, 11) is 0. The molecule has 0 radical (unpaired) electrons. The van der Waals surface area contributed by atoms with Crippen molar-refractivity contribution in [2.75, 3.05) is 19.7 Å². The van der Waals surface area contributed by atoms with Crippen molar-refractivity contribution in [1.29, 1.82) is 0 Å². The number of benzene rings is 1. The zero-order chi connectivity index (χ0) is 25.1. The Labute approximate surface area is 193 Å². The second-order valence-corrected chi connectivity index (χ2v) is 8.32. The molecule has 1 aliphatic carbocycles. The van der Waals surface area contributed by atoms with Crippen LogP contribution >= 0.6 is 0 Å². The van der Waals surface area contributed by atoms with Gasteiger partial charge in [0.05, 0.1) is 16.8 Å². The number of halogens is 4. The highest BCUT2D eigenvalue weighted by atomic mass is 19.4. The number of nitrogens with zero attached hydrogens (tertiary/aromatic N) is 2. The predicted molar refractivity (Wildman–Crippen MR) is 115 cm³/mol. The second kappa shape index (κ2) is 9.87. The SMILES string of the molecule is NC(=O)/C(=C/NC1(C2CCN(C(=O)OCC(F)(F)F)CC2)C[C@H]1N)C(N)=Nc1ccc(F)cc1. The lowest BCUT2D eigenvalue weighted by Crippen LogP contribution is -2.49. The maximum Gasteiger partial charge on any atom is 0.422 e. The van der Waals surface area contributed by atoms with Crippen molar-refractivity contribution >= 4 is 23.5 Å². The van der Waals surface area contributed by atoms with Crippen LogP contribution in [-0.2, 0) is 9.53 Å². The van der Waals surface area contributed by atoms with E-state index >= 15 is 0 Å². The highest BCUT2D eigenvalue weighted by Gasteiger charge is 2.57. The molecular weight excluding hydrogens is 460 g/mol. The van der Waals surface area contributed by atoms with Crippen molar-refractivity contribution in [3.63, 3.8) is 0 Å². The normalized spacial score (nSPS) is 24.0. The highest BCUT2D eigenvalue weighted by Crippen LogP contribution is 2.46. The molecule has 7 N–H and O–H groups in total. The number of piperidine rings is 1. The van der Waals surface area contributed by atoms with Crippen LogP contribution in [0.5, 0.6) is 0 Å². The van der Waals surface area contributed by atoms with E-state index in [2.05, 4.69) is 15.0 Å². The average molecular weight is 486 g/mol. The topological polar surface area (TPSA) is 149 Å². The zero-order valence-corrected chi connectivity index (χ0v) is 18.1. The molecular formula is C21H26F4N6O3. The average Bonchev–Trinajstić information content (AvgIpc) is 3.43. The van der Waals surface area contributed by atoms with Gasteiger partial charge in [0.15, 0.2) is 6.61 Å². The zero-order valence-electron chi connectivity index (χ0n) is 18.1. The number of ether oxygens (including phenoxy) is 1. The monoisotopic (exact) mass is 486 g/mol. The molecule has 9 nitrogen and oxygen atoms in total. The van der Waals surface area contributed by atoms with Crippen LogP contribution in [-0.4, -0.2) is 60.2 Å². The number of hydrogen-bond donors (Lipinski definition) is 4. The third-order valence-corrected chi connectivity index (χ3v) is 6.00. The van der Waals surface area contributed by atoms with Gasteiger partial charge in [-0.15, -0.1) is 0 Å². The largest absolute Gasteiger partial charge is 0.440 e. The van der Waals surface area contributed by atoms with Gasteiger partial charge in [0.1, 0.15) is 11.7 Å². The van der Waals surface area contributed by atoms with Gasteiger partial charge in [-0.25, -0.2) is 14.2 Å². The number of nitrogens with one attached hydrogen (secondary N) is 1. The predicted octanol–water partition coefficient (Wildman–Crippen LogP) is 1.65. The van der Waals surface area contributed by atoms with Crippen molar-refractivity contribution in [1.82, 2.24) is 10.2 Å². The van der Waals surface area contributed by atoms with E-state index in [9.17, 15) is 27.2 Å². The molecule has 1 heterocycles. The maximum atomic E-state index is 13.1. The van der Waals surface area contributed by atoms with Crippen LogP contribution in [0, 0.1) is 11.7 Å². The van der Waals surface area contributed by atoms with Crippen LogP contribution in [0.3, 0.4) is 0 Å². The number of aliphatic imine (C=N–C) groups is 1. The minimum absolute atomic E-state index is 0.0187. The Morgan fingerprint density at radius 2 is 1.79 bits per heavy atom. The molecule has 1 aromatic rings. The fourth-order valence-corrected chi connectivity index (χ4v) is 4.06. The van der Waals surface area contributed by atoms with Gasteiger partial charge in [-0.1, -0.05) is 0 Å². The van der Waals surface area contributed by atoms with Crippen LogP contribution in [0.25, 0.3) is 0 Å². The molecule has 2 aliphatic rings. The Morgan fingerprint density at radius 3 is 2.29 bits per heavy atom. The minimum Gasteiger partial charge on any atom is -0.440 e. The maximum absolute atomic E-state index is 13.1. The van der Waals surface area contributed by atoms with E-state index in [1.807, 2.05) is 0 Å². The van der Waals surface area contributed by atoms with E-state index in [1.54, 1.807) is 0 Å². The van der Waals surface area contributed by atoms with E-state index in [0.29, 0.717) is 24.9 Å². The molecule has 2 amide bonds. The molecule has 2 atom stereocenters. The molecule has 0 spiro atoms. The van der Waals surface area contributed by atoms with E-state index in [4.69, 9.17) is 17.2 Å². The first-order valence-electron chi connectivity index (χ1n) is 10.5. The van der Waals surface area contributed by atoms with E-state index in [1.165, 1.54) is 35.4 Å². The minimum atomic E-state index is -4.59. The fourth-order valence-electron chi connectivity index (χ4n) is 4.06. The molecule has 34 heavy (non-hydrogen) atoms. The van der Waals surface area contributed by atoms with Crippen LogP contribution in [0.15, 0.2) is 41.0 Å². The first kappa shape index (κ1) is 25.3. The van der Waals surface area contributed by atoms with Crippen LogP contribution in [0.1, 0.15) is 19.3 Å². The summed E-state index contributed by atoms with van der Waals surface area (Å²) in [5.74, 6) is -1.47. The number of alkyl halides is 3. The Morgan fingerprint density at radius 1 is 1.21 bits per heavy atom. The highest BCUT2D eigenvalue weighted by molar-refractivity contribution is 6.20. The van der Waals surface area contributed by atoms with Gasteiger partial charge in [0.25, 0.3) is 5.91 Å². The smallest absolute Gasteiger partial charge is 0.422 e. The van der Waals surface area contributed by atoms with Gasteiger partial charge in [0.2, 0.25) is 0 Å². The van der Waals surface area contributed by atoms with Gasteiger partial charge in [-0.3, -0.25) is 4.79 Å². The number of amidine groups is 1. The molecule has 13 heteroatoms. The molecule has 0 bridgehead atoms. The number of likely N-dealkylation sites (tertiary alicyclic amines) is 1. The summed E-state index contributed by atoms with van der Waals surface area (Å²) < 4.78 is 54.2. The quantitative estimate of drug-likeness (QED) is 0.199. The van der Waals surface area contributed by atoms with Gasteiger partial charge >= 0.3 is 12.3 Å². The number of rotatable bonds is 7. The molecule has 3 rings (SSSR count). The first-order valence-corrected chi connectivity index (χ1v) is 10.5. The van der Waals surface area contributed by atoms with E-state index in [-0.39, 0.29) is 36.5 Å². The van der Waals surface area contributed by atoms with Crippen LogP contribution < -0.4 is 22.5 Å².